The highest BCUT2D eigenvalue weighted by molar-refractivity contribution is 7.90. The predicted molar refractivity (Wildman–Crippen MR) is 171 cm³/mol. The first kappa shape index (κ1) is 33.4. The molecule has 2 aliphatic carbocycles. The van der Waals surface area contributed by atoms with Gasteiger partial charge in [0, 0.05) is 29.1 Å². The first-order valence-corrected chi connectivity index (χ1v) is 18.2. The molecule has 2 aliphatic heterocycles. The van der Waals surface area contributed by atoms with Crippen LogP contribution in [0.15, 0.2) is 36.4 Å². The van der Waals surface area contributed by atoms with Crippen LogP contribution in [0.1, 0.15) is 80.3 Å². The van der Waals surface area contributed by atoms with E-state index in [0.717, 1.165) is 36.8 Å². The molecule has 2 bridgehead atoms. The number of hydrogen-bond donors (Lipinski definition) is 2. The van der Waals surface area contributed by atoms with Gasteiger partial charge in [-0.3, -0.25) is 4.79 Å². The number of sulfonamides is 1. The Morgan fingerprint density at radius 3 is 2.59 bits per heavy atom. The minimum absolute atomic E-state index is 0.111. The lowest BCUT2D eigenvalue weighted by molar-refractivity contribution is -0.231. The van der Waals surface area contributed by atoms with Crippen molar-refractivity contribution < 1.29 is 36.2 Å². The molecule has 12 heteroatoms. The number of amides is 1. The summed E-state index contributed by atoms with van der Waals surface area (Å²) in [6.45, 7) is 4.52. The van der Waals surface area contributed by atoms with Crippen molar-refractivity contribution in [2.45, 2.75) is 88.2 Å². The maximum atomic E-state index is 14.0. The summed E-state index contributed by atoms with van der Waals surface area (Å²) in [6, 6.07) is 10.8. The van der Waals surface area contributed by atoms with E-state index in [1.165, 1.54) is 6.92 Å². The van der Waals surface area contributed by atoms with Crippen LogP contribution < -0.4 is 14.4 Å². The molecule has 6 rings (SSSR count). The summed E-state index contributed by atoms with van der Waals surface area (Å²) in [6.07, 6.45) is -2.47. The van der Waals surface area contributed by atoms with Gasteiger partial charge in [0.25, 0.3) is 5.91 Å². The summed E-state index contributed by atoms with van der Waals surface area (Å²) in [4.78, 5) is 15.5. The van der Waals surface area contributed by atoms with Gasteiger partial charge in [-0.2, -0.15) is 13.2 Å². The van der Waals surface area contributed by atoms with Crippen molar-refractivity contribution in [1.82, 2.24) is 4.72 Å². The highest BCUT2D eigenvalue weighted by Gasteiger charge is 2.51. The lowest BCUT2D eigenvalue weighted by Gasteiger charge is -2.48. The molecule has 0 radical (unpaired) electrons. The van der Waals surface area contributed by atoms with Crippen molar-refractivity contribution >= 4 is 33.2 Å². The second-order valence-corrected chi connectivity index (χ2v) is 16.5. The van der Waals surface area contributed by atoms with E-state index < -0.39 is 50.7 Å². The first-order valence-electron chi connectivity index (χ1n) is 16.3. The maximum Gasteiger partial charge on any atom is 0.414 e. The van der Waals surface area contributed by atoms with Gasteiger partial charge in [0.15, 0.2) is 6.10 Å². The number of anilines is 1. The minimum Gasteiger partial charge on any atom is -0.490 e. The molecule has 2 heterocycles. The number of carbonyl (C=O) groups is 1. The number of halogens is 4. The quantitative estimate of drug-likeness (QED) is 0.350. The lowest BCUT2D eigenvalue weighted by Crippen LogP contribution is -2.51. The number of rotatable bonds is 1. The van der Waals surface area contributed by atoms with E-state index in [2.05, 4.69) is 9.62 Å². The minimum atomic E-state index is -4.76. The number of carbonyl (C=O) groups excluding carboxylic acids is 1. The zero-order valence-corrected chi connectivity index (χ0v) is 27.7. The van der Waals surface area contributed by atoms with Gasteiger partial charge in [0.05, 0.1) is 17.5 Å². The molecule has 1 saturated carbocycles. The molecule has 5 unspecified atom stereocenters. The topological polar surface area (TPSA) is 95.9 Å². The molecular formula is C34H42ClF3N2O5S. The van der Waals surface area contributed by atoms with Gasteiger partial charge in [-0.05, 0) is 117 Å². The number of alkyl halides is 3. The fraction of sp³-hybridized carbons (Fsp3) is 0.618. The standard InChI is InChI=1S/C34H42ClF3N2O5S/c1-20-5-3-7-27(31(41)34(36,37)38)26-11-8-24(26)17-40-18-33(14-4-6-22-15-25(35)10-12-28(22)33)19-45-30-13-9-23(16-29(30)40)32(42)39-46(43,44)21(20)2/h9-10,12-13,15-16,20-21,24,26-27,31,41H,3-8,11,14,17-19H2,1-2H3,(H,39,42)/t20?,21?,24?,26?,27-,31-,33?/m0/s1. The number of aliphatic hydroxyl groups excluding tert-OH is 1. The molecule has 46 heavy (non-hydrogen) atoms. The van der Waals surface area contributed by atoms with E-state index in [4.69, 9.17) is 16.3 Å². The van der Waals surface area contributed by atoms with Crippen LogP contribution in [0.25, 0.3) is 0 Å². The van der Waals surface area contributed by atoms with Crippen molar-refractivity contribution in [3.05, 3.63) is 58.1 Å². The van der Waals surface area contributed by atoms with E-state index in [1.54, 1.807) is 25.1 Å². The lowest BCUT2D eigenvalue weighted by atomic mass is 9.63. The van der Waals surface area contributed by atoms with Crippen LogP contribution >= 0.6 is 11.6 Å². The Kier molecular flexibility index (Phi) is 9.08. The molecule has 2 N–H and O–H groups in total. The molecule has 1 fully saturated rings. The fourth-order valence-electron chi connectivity index (χ4n) is 8.27. The van der Waals surface area contributed by atoms with Gasteiger partial charge in [0.1, 0.15) is 5.75 Å². The molecule has 0 aromatic heterocycles. The monoisotopic (exact) mass is 682 g/mol. The largest absolute Gasteiger partial charge is 0.490 e. The number of fused-ring (bicyclic) bond motifs is 4. The Balaban J connectivity index is 1.43. The average molecular weight is 683 g/mol. The van der Waals surface area contributed by atoms with Crippen molar-refractivity contribution in [3.63, 3.8) is 0 Å². The molecule has 1 amide bonds. The molecule has 1 spiro atoms. The van der Waals surface area contributed by atoms with E-state index >= 15 is 0 Å². The number of nitrogens with zero attached hydrogens (tertiary/aromatic N) is 1. The Morgan fingerprint density at radius 2 is 1.87 bits per heavy atom. The molecule has 7 atom stereocenters. The van der Waals surface area contributed by atoms with Crippen LogP contribution in [0, 0.1) is 23.7 Å². The Labute approximate surface area is 273 Å². The van der Waals surface area contributed by atoms with Crippen LogP contribution in [0.4, 0.5) is 18.9 Å². The van der Waals surface area contributed by atoms with Gasteiger partial charge >= 0.3 is 6.18 Å². The Bertz CT molecular complexity index is 1590. The number of benzene rings is 2. The molecule has 252 valence electrons. The van der Waals surface area contributed by atoms with Crippen LogP contribution in [0.3, 0.4) is 0 Å². The number of aliphatic hydroxyl groups is 1. The summed E-state index contributed by atoms with van der Waals surface area (Å²) in [7, 11) is -4.08. The van der Waals surface area contributed by atoms with Crippen LogP contribution in [0.2, 0.25) is 5.02 Å². The molecule has 4 aliphatic rings. The molecule has 2 aromatic carbocycles. The normalized spacial score (nSPS) is 32.2. The first-order chi connectivity index (χ1) is 21.7. The van der Waals surface area contributed by atoms with E-state index in [-0.39, 0.29) is 23.8 Å². The summed E-state index contributed by atoms with van der Waals surface area (Å²) in [5, 5.41) is 10.3. The summed E-state index contributed by atoms with van der Waals surface area (Å²) >= 11 is 6.36. The van der Waals surface area contributed by atoms with Gasteiger partial charge in [-0.25, -0.2) is 13.1 Å². The molecule has 2 aromatic rings. The smallest absolute Gasteiger partial charge is 0.414 e. The second-order valence-electron chi connectivity index (χ2n) is 14.0. The number of nitrogens with one attached hydrogen (secondary N) is 1. The van der Waals surface area contributed by atoms with Crippen LogP contribution in [0.5, 0.6) is 5.75 Å². The van der Waals surface area contributed by atoms with Crippen molar-refractivity contribution in [1.29, 1.82) is 0 Å². The number of aryl methyl sites for hydroxylation is 1. The van der Waals surface area contributed by atoms with E-state index in [9.17, 15) is 31.5 Å². The van der Waals surface area contributed by atoms with E-state index in [0.29, 0.717) is 55.4 Å². The third-order valence-electron chi connectivity index (χ3n) is 11.2. The summed E-state index contributed by atoms with van der Waals surface area (Å²) < 4.78 is 77.3. The van der Waals surface area contributed by atoms with E-state index in [1.807, 2.05) is 18.2 Å². The SMILES string of the molecule is CC1CCC[C@H]([C@H](O)C(F)(F)F)C2CCC2CN2CC3(CCCc4cc(Cl)ccc43)COc3ccc(cc32)C(=O)NS(=O)(=O)C1C. The van der Waals surface area contributed by atoms with Gasteiger partial charge in [0.2, 0.25) is 10.0 Å². The highest BCUT2D eigenvalue weighted by atomic mass is 35.5. The highest BCUT2D eigenvalue weighted by Crippen LogP contribution is 2.49. The second kappa shape index (κ2) is 12.5. The molecular weight excluding hydrogens is 641 g/mol. The maximum absolute atomic E-state index is 14.0. The predicted octanol–water partition coefficient (Wildman–Crippen LogP) is 6.65. The Morgan fingerprint density at radius 1 is 1.09 bits per heavy atom. The third-order valence-corrected chi connectivity index (χ3v) is 13.4. The zero-order chi connectivity index (χ0) is 33.0. The van der Waals surface area contributed by atoms with Gasteiger partial charge in [-0.15, -0.1) is 0 Å². The van der Waals surface area contributed by atoms with Gasteiger partial charge in [-0.1, -0.05) is 31.0 Å². The fourth-order valence-corrected chi connectivity index (χ4v) is 9.77. The summed E-state index contributed by atoms with van der Waals surface area (Å²) in [5.41, 5.74) is 2.61. The van der Waals surface area contributed by atoms with Gasteiger partial charge < -0.3 is 14.7 Å². The Hall–Kier alpha value is -2.50. The van der Waals surface area contributed by atoms with Crippen molar-refractivity contribution in [3.8, 4) is 5.75 Å². The number of hydrogen-bond acceptors (Lipinski definition) is 6. The van der Waals surface area contributed by atoms with Crippen LogP contribution in [-0.2, 0) is 21.9 Å². The van der Waals surface area contributed by atoms with Crippen molar-refractivity contribution in [2.24, 2.45) is 23.7 Å². The van der Waals surface area contributed by atoms with Crippen LogP contribution in [-0.4, -0.2) is 56.7 Å². The zero-order valence-electron chi connectivity index (χ0n) is 26.2. The average Bonchev–Trinajstić information content (AvgIpc) is 3.13. The third kappa shape index (κ3) is 6.35. The molecule has 7 nitrogen and oxygen atoms in total. The summed E-state index contributed by atoms with van der Waals surface area (Å²) in [5.74, 6) is -2.08. The molecule has 0 saturated heterocycles. The number of ether oxygens (including phenoxy) is 1. The van der Waals surface area contributed by atoms with Crippen molar-refractivity contribution in [2.75, 3.05) is 24.6 Å².